The smallest absolute Gasteiger partial charge is 0.243 e. The molecular weight excluding hydrogens is 498 g/mol. The number of carbonyl (C=O) groups excluding carboxylic acids is 4. The first-order valence-corrected chi connectivity index (χ1v) is 12.9. The molecule has 0 unspecified atom stereocenters. The number of benzene rings is 2. The predicted octanol–water partition coefficient (Wildman–Crippen LogP) is 2.63. The van der Waals surface area contributed by atoms with E-state index in [0.29, 0.717) is 43.2 Å². The van der Waals surface area contributed by atoms with Crippen LogP contribution in [0.5, 0.6) is 0 Å². The van der Waals surface area contributed by atoms with Crippen LogP contribution in [-0.4, -0.2) is 68.3 Å². The third kappa shape index (κ3) is 8.48. The van der Waals surface area contributed by atoms with Crippen LogP contribution in [0.2, 0.25) is 0 Å². The Morgan fingerprint density at radius 3 is 2.49 bits per heavy atom. The summed E-state index contributed by atoms with van der Waals surface area (Å²) in [6.45, 7) is 2.10. The lowest BCUT2D eigenvalue weighted by atomic mass is 10.1. The number of amides is 2. The van der Waals surface area contributed by atoms with E-state index < -0.39 is 18.0 Å². The van der Waals surface area contributed by atoms with Gasteiger partial charge in [0.25, 0.3) is 0 Å². The lowest BCUT2D eigenvalue weighted by Crippen LogP contribution is -2.51. The van der Waals surface area contributed by atoms with Crippen molar-refractivity contribution in [3.8, 4) is 0 Å². The number of hydrogen-bond acceptors (Lipinski definition) is 9. The van der Waals surface area contributed by atoms with Crippen LogP contribution in [0, 0.1) is 5.92 Å². The predicted molar refractivity (Wildman–Crippen MR) is 135 cm³/mol. The van der Waals surface area contributed by atoms with Gasteiger partial charge in [-0.2, -0.15) is 0 Å². The largest absolute Gasteiger partial charge is 0.344 e. The molecule has 1 aliphatic rings. The Bertz CT molecular complexity index is 1070. The van der Waals surface area contributed by atoms with Gasteiger partial charge >= 0.3 is 0 Å². The minimum Gasteiger partial charge on any atom is -0.344 e. The van der Waals surface area contributed by atoms with Crippen LogP contribution in [-0.2, 0) is 32.2 Å². The topological polar surface area (TPSA) is 136 Å². The molecule has 11 heteroatoms. The molecule has 0 bridgehead atoms. The minimum absolute atomic E-state index is 0.0788. The average Bonchev–Trinajstić information content (AvgIpc) is 3.40. The number of rotatable bonds is 12. The Morgan fingerprint density at radius 2 is 1.84 bits per heavy atom. The molecule has 0 saturated carbocycles. The fourth-order valence-electron chi connectivity index (χ4n) is 4.09. The van der Waals surface area contributed by atoms with Crippen LogP contribution in [0.3, 0.4) is 0 Å². The van der Waals surface area contributed by atoms with Gasteiger partial charge in [-0.25, -0.2) is 4.84 Å². The zero-order chi connectivity index (χ0) is 26.8. The molecule has 0 aliphatic carbocycles. The molecule has 2 amide bonds. The van der Waals surface area contributed by atoms with Gasteiger partial charge in [0, 0.05) is 23.8 Å². The molecule has 1 saturated heterocycles. The van der Waals surface area contributed by atoms with Gasteiger partial charge in [-0.05, 0) is 30.4 Å². The van der Waals surface area contributed by atoms with Crippen molar-refractivity contribution >= 4 is 35.0 Å². The van der Waals surface area contributed by atoms with E-state index >= 15 is 0 Å². The first-order chi connectivity index (χ1) is 17.8. The molecule has 10 nitrogen and oxygen atoms in total. The number of likely N-dealkylation sites (tertiary alicyclic amines) is 1. The van der Waals surface area contributed by atoms with E-state index in [-0.39, 0.29) is 34.7 Å². The molecule has 2 aromatic rings. The summed E-state index contributed by atoms with van der Waals surface area (Å²) >= 11 is 1.02. The highest BCUT2D eigenvalue weighted by Gasteiger charge is 2.36. The van der Waals surface area contributed by atoms with Crippen LogP contribution in [0.4, 0.5) is 0 Å². The van der Waals surface area contributed by atoms with Crippen LogP contribution in [0.15, 0.2) is 54.6 Å². The summed E-state index contributed by atoms with van der Waals surface area (Å²) in [5.74, 6) is -0.776. The highest BCUT2D eigenvalue weighted by molar-refractivity contribution is 8.14. The van der Waals surface area contributed by atoms with E-state index in [1.807, 2.05) is 30.3 Å². The molecule has 0 spiro atoms. The average molecular weight is 530 g/mol. The second kappa shape index (κ2) is 14.0. The molecule has 1 aliphatic heterocycles. The molecule has 198 valence electrons. The Labute approximate surface area is 219 Å². The van der Waals surface area contributed by atoms with Crippen molar-refractivity contribution in [2.75, 3.05) is 12.3 Å². The maximum absolute atomic E-state index is 13.1. The molecule has 1 fully saturated rings. The minimum atomic E-state index is -0.679. The maximum Gasteiger partial charge on any atom is 0.243 e. The molecule has 37 heavy (non-hydrogen) atoms. The van der Waals surface area contributed by atoms with Gasteiger partial charge in [0.2, 0.25) is 16.9 Å². The van der Waals surface area contributed by atoms with Gasteiger partial charge in [-0.3, -0.25) is 24.8 Å². The number of carbonyl (C=O) groups is 4. The van der Waals surface area contributed by atoms with Crippen molar-refractivity contribution in [2.45, 2.75) is 44.9 Å². The maximum atomic E-state index is 13.1. The van der Waals surface area contributed by atoms with Gasteiger partial charge in [-0.15, -0.1) is 0 Å². The SMILES string of the molecule is C[C@H](CSC(=O)c1ccc(CON(O)O)cc1)C(=O)N1CCC[C@H]1C(=O)N[C@@H](C=O)Cc1ccccc1. The Kier molecular flexibility index (Phi) is 10.8. The van der Waals surface area contributed by atoms with Gasteiger partial charge in [0.05, 0.1) is 18.0 Å². The second-order valence-electron chi connectivity index (χ2n) is 8.85. The normalized spacial score (nSPS) is 16.9. The molecule has 1 heterocycles. The molecule has 3 atom stereocenters. The summed E-state index contributed by atoms with van der Waals surface area (Å²) in [6.07, 6.45) is 2.30. The first-order valence-electron chi connectivity index (χ1n) is 12.0. The van der Waals surface area contributed by atoms with Crippen molar-refractivity contribution in [3.05, 3.63) is 71.3 Å². The van der Waals surface area contributed by atoms with Crippen LogP contribution in [0.25, 0.3) is 0 Å². The summed E-state index contributed by atoms with van der Waals surface area (Å²) in [4.78, 5) is 56.3. The lowest BCUT2D eigenvalue weighted by Gasteiger charge is -2.27. The number of hydrogen-bond donors (Lipinski definition) is 3. The molecule has 2 aromatic carbocycles. The molecule has 3 N–H and O–H groups in total. The van der Waals surface area contributed by atoms with Crippen molar-refractivity contribution < 1.29 is 34.4 Å². The highest BCUT2D eigenvalue weighted by atomic mass is 32.2. The lowest BCUT2D eigenvalue weighted by molar-refractivity contribution is -0.497. The van der Waals surface area contributed by atoms with E-state index in [9.17, 15) is 19.2 Å². The van der Waals surface area contributed by atoms with Crippen molar-refractivity contribution in [3.63, 3.8) is 0 Å². The monoisotopic (exact) mass is 529 g/mol. The summed E-state index contributed by atoms with van der Waals surface area (Å²) in [5.41, 5.74) is 2.01. The van der Waals surface area contributed by atoms with Crippen molar-refractivity contribution in [1.82, 2.24) is 15.6 Å². The third-order valence-corrected chi connectivity index (χ3v) is 7.22. The van der Waals surface area contributed by atoms with E-state index in [0.717, 1.165) is 17.3 Å². The van der Waals surface area contributed by atoms with E-state index in [2.05, 4.69) is 10.2 Å². The summed E-state index contributed by atoms with van der Waals surface area (Å²) < 4.78 is 0. The van der Waals surface area contributed by atoms with Crippen LogP contribution >= 0.6 is 11.8 Å². The van der Waals surface area contributed by atoms with E-state index in [1.54, 1.807) is 36.1 Å². The molecule has 0 aromatic heterocycles. The fourth-order valence-corrected chi connectivity index (χ4v) is 4.94. The highest BCUT2D eigenvalue weighted by Crippen LogP contribution is 2.23. The van der Waals surface area contributed by atoms with E-state index in [4.69, 9.17) is 10.4 Å². The number of nitrogens with zero attached hydrogens (tertiary/aromatic N) is 2. The Morgan fingerprint density at radius 1 is 1.14 bits per heavy atom. The molecular formula is C26H31N3O7S. The number of aldehydes is 1. The summed E-state index contributed by atoms with van der Waals surface area (Å²) in [7, 11) is 0. The Hall–Kier alpha value is -3.09. The quantitative estimate of drug-likeness (QED) is 0.280. The van der Waals surface area contributed by atoms with Crippen molar-refractivity contribution in [1.29, 1.82) is 0 Å². The molecule has 3 rings (SSSR count). The second-order valence-corrected chi connectivity index (χ2v) is 9.85. The number of nitrogens with one attached hydrogen (secondary N) is 1. The van der Waals surface area contributed by atoms with Gasteiger partial charge in [0.1, 0.15) is 12.3 Å². The fraction of sp³-hybridized carbons (Fsp3) is 0.385. The zero-order valence-electron chi connectivity index (χ0n) is 20.5. The summed E-state index contributed by atoms with van der Waals surface area (Å²) in [5, 5.41) is 19.4. The van der Waals surface area contributed by atoms with Gasteiger partial charge < -0.3 is 15.0 Å². The van der Waals surface area contributed by atoms with Gasteiger partial charge in [-0.1, -0.05) is 73.3 Å². The van der Waals surface area contributed by atoms with Crippen molar-refractivity contribution in [2.24, 2.45) is 5.92 Å². The van der Waals surface area contributed by atoms with E-state index in [1.165, 1.54) is 0 Å². The summed E-state index contributed by atoms with van der Waals surface area (Å²) in [6, 6.07) is 14.5. The standard InChI is InChI=1S/C26H31N3O7S/c1-18(17-37-26(33)21-11-9-20(10-12-21)16-36-29(34)35)25(32)28-13-5-8-23(28)24(31)27-22(15-30)14-19-6-3-2-4-7-19/h2-4,6-7,9-12,15,18,22-23,34-35H,5,8,13-14,16-17H2,1H3,(H,27,31)/t18-,22-,23+/m1/s1. The van der Waals surface area contributed by atoms with Crippen LogP contribution in [0.1, 0.15) is 41.3 Å². The Balaban J connectivity index is 1.51. The first kappa shape index (κ1) is 28.5. The number of thioether (sulfide) groups is 1. The zero-order valence-corrected chi connectivity index (χ0v) is 21.3. The molecule has 0 radical (unpaired) electrons. The van der Waals surface area contributed by atoms with Crippen LogP contribution < -0.4 is 5.32 Å². The van der Waals surface area contributed by atoms with Gasteiger partial charge in [0.15, 0.2) is 0 Å². The third-order valence-electron chi connectivity index (χ3n) is 6.05.